The molecule has 1 aliphatic carbocycles. The second-order valence-electron chi connectivity index (χ2n) is 6.23. The largest absolute Gasteiger partial charge is 0.345 e. The predicted octanol–water partition coefficient (Wildman–Crippen LogP) is 3.57. The molecule has 24 heavy (non-hydrogen) atoms. The van der Waals surface area contributed by atoms with E-state index in [0.29, 0.717) is 16.5 Å². The first kappa shape index (κ1) is 15.1. The van der Waals surface area contributed by atoms with Crippen LogP contribution in [0.1, 0.15) is 40.6 Å². The molecule has 5 nitrogen and oxygen atoms in total. The number of amides is 1. The summed E-state index contributed by atoms with van der Waals surface area (Å²) >= 11 is 5.97. The van der Waals surface area contributed by atoms with Gasteiger partial charge in [0.1, 0.15) is 5.82 Å². The van der Waals surface area contributed by atoms with Crippen LogP contribution in [0.4, 0.5) is 0 Å². The van der Waals surface area contributed by atoms with Gasteiger partial charge in [0.25, 0.3) is 5.91 Å². The molecule has 0 bridgehead atoms. The molecule has 0 saturated heterocycles. The maximum atomic E-state index is 12.7. The van der Waals surface area contributed by atoms with Crippen LogP contribution in [-0.4, -0.2) is 20.5 Å². The van der Waals surface area contributed by atoms with Crippen LogP contribution < -0.4 is 5.32 Å². The van der Waals surface area contributed by atoms with Gasteiger partial charge in [-0.25, -0.2) is 0 Å². The van der Waals surface area contributed by atoms with E-state index >= 15 is 0 Å². The van der Waals surface area contributed by atoms with Gasteiger partial charge in [0.05, 0.1) is 11.6 Å². The van der Waals surface area contributed by atoms with E-state index in [0.717, 1.165) is 29.9 Å². The number of benzene rings is 1. The summed E-state index contributed by atoms with van der Waals surface area (Å²) in [7, 11) is 0. The van der Waals surface area contributed by atoms with Gasteiger partial charge in [0.2, 0.25) is 0 Å². The molecular weight excluding hydrogens is 324 g/mol. The van der Waals surface area contributed by atoms with Crippen molar-refractivity contribution in [2.45, 2.75) is 25.8 Å². The second kappa shape index (κ2) is 5.91. The first-order valence-electron chi connectivity index (χ1n) is 7.99. The number of rotatable bonds is 4. The fourth-order valence-corrected chi connectivity index (χ4v) is 3.06. The lowest BCUT2D eigenvalue weighted by Gasteiger charge is -2.19. The van der Waals surface area contributed by atoms with Crippen LogP contribution in [0, 0.1) is 12.8 Å². The molecule has 1 amide bonds. The highest BCUT2D eigenvalue weighted by molar-refractivity contribution is 6.30. The lowest BCUT2D eigenvalue weighted by Crippen LogP contribution is -2.30. The maximum absolute atomic E-state index is 12.7. The van der Waals surface area contributed by atoms with Crippen LogP contribution >= 0.6 is 11.6 Å². The van der Waals surface area contributed by atoms with Crippen LogP contribution in [0.15, 0.2) is 42.6 Å². The number of carbonyl (C=O) groups excluding carboxylic acids is 1. The lowest BCUT2D eigenvalue weighted by atomic mass is 10.0. The first-order chi connectivity index (χ1) is 11.6. The second-order valence-corrected chi connectivity index (χ2v) is 6.67. The third-order valence-electron chi connectivity index (χ3n) is 4.44. The number of carbonyl (C=O) groups is 1. The fourth-order valence-electron chi connectivity index (χ4n) is 2.94. The van der Waals surface area contributed by atoms with Crippen LogP contribution in [0.2, 0.25) is 5.02 Å². The summed E-state index contributed by atoms with van der Waals surface area (Å²) in [6.07, 6.45) is 4.06. The third-order valence-corrected chi connectivity index (χ3v) is 4.70. The van der Waals surface area contributed by atoms with Crippen molar-refractivity contribution in [3.63, 3.8) is 0 Å². The summed E-state index contributed by atoms with van der Waals surface area (Å²) in [5, 5.41) is 11.9. The minimum Gasteiger partial charge on any atom is -0.345 e. The van der Waals surface area contributed by atoms with Crippen molar-refractivity contribution < 1.29 is 4.79 Å². The quantitative estimate of drug-likeness (QED) is 0.789. The Balaban J connectivity index is 1.60. The number of fused-ring (bicyclic) bond motifs is 1. The number of nitrogens with zero attached hydrogens (tertiary/aromatic N) is 3. The molecule has 2 aromatic heterocycles. The van der Waals surface area contributed by atoms with E-state index in [1.54, 1.807) is 12.3 Å². The molecule has 1 aliphatic rings. The Morgan fingerprint density at radius 2 is 1.96 bits per heavy atom. The molecule has 2 heterocycles. The summed E-state index contributed by atoms with van der Waals surface area (Å²) in [6.45, 7) is 1.86. The molecule has 1 N–H and O–H groups in total. The zero-order valence-electron chi connectivity index (χ0n) is 13.2. The topological polar surface area (TPSA) is 59.3 Å². The van der Waals surface area contributed by atoms with Crippen molar-refractivity contribution in [3.05, 3.63) is 64.6 Å². The molecule has 1 fully saturated rings. The van der Waals surface area contributed by atoms with E-state index in [2.05, 4.69) is 15.5 Å². The van der Waals surface area contributed by atoms with E-state index in [1.165, 1.54) is 0 Å². The van der Waals surface area contributed by atoms with Crippen LogP contribution in [0.5, 0.6) is 0 Å². The Kier molecular flexibility index (Phi) is 3.73. The van der Waals surface area contributed by atoms with Gasteiger partial charge in [-0.05, 0) is 55.5 Å². The highest BCUT2D eigenvalue weighted by atomic mass is 35.5. The maximum Gasteiger partial charge on any atom is 0.253 e. The van der Waals surface area contributed by atoms with Gasteiger partial charge >= 0.3 is 0 Å². The summed E-state index contributed by atoms with van der Waals surface area (Å²) in [4.78, 5) is 12.7. The zero-order valence-corrected chi connectivity index (χ0v) is 14.0. The van der Waals surface area contributed by atoms with Crippen molar-refractivity contribution in [2.24, 2.45) is 5.92 Å². The van der Waals surface area contributed by atoms with Gasteiger partial charge in [-0.15, -0.1) is 10.2 Å². The molecule has 6 heteroatoms. The summed E-state index contributed by atoms with van der Waals surface area (Å²) in [6, 6.07) is 11.3. The first-order valence-corrected chi connectivity index (χ1v) is 8.37. The van der Waals surface area contributed by atoms with E-state index in [4.69, 9.17) is 11.6 Å². The summed E-state index contributed by atoms with van der Waals surface area (Å²) < 4.78 is 1.82. The minimum absolute atomic E-state index is 0.0208. The number of halogens is 1. The molecule has 0 aliphatic heterocycles. The Hall–Kier alpha value is -2.40. The summed E-state index contributed by atoms with van der Waals surface area (Å²) in [5.74, 6) is 1.17. The van der Waals surface area contributed by atoms with Crippen molar-refractivity contribution in [3.8, 4) is 0 Å². The van der Waals surface area contributed by atoms with Crippen molar-refractivity contribution >= 4 is 23.2 Å². The van der Waals surface area contributed by atoms with Gasteiger partial charge in [-0.2, -0.15) is 0 Å². The lowest BCUT2D eigenvalue weighted by molar-refractivity contribution is 0.0931. The Morgan fingerprint density at radius 3 is 2.67 bits per heavy atom. The molecule has 4 rings (SSSR count). The van der Waals surface area contributed by atoms with E-state index < -0.39 is 0 Å². The molecule has 0 spiro atoms. The minimum atomic E-state index is -0.0863. The van der Waals surface area contributed by atoms with Gasteiger partial charge in [-0.1, -0.05) is 23.7 Å². The van der Waals surface area contributed by atoms with Crippen LogP contribution in [-0.2, 0) is 0 Å². The van der Waals surface area contributed by atoms with Gasteiger partial charge in [0.15, 0.2) is 5.65 Å². The zero-order chi connectivity index (χ0) is 16.7. The normalized spacial score (nSPS) is 15.4. The SMILES string of the molecule is Cc1nnc2ccc(C(=O)N[C@H](c3ccc(Cl)cc3)C3CC3)cn12. The third kappa shape index (κ3) is 2.87. The van der Waals surface area contributed by atoms with Gasteiger partial charge in [-0.3, -0.25) is 9.20 Å². The monoisotopic (exact) mass is 340 g/mol. The fraction of sp³-hybridized carbons (Fsp3) is 0.278. The number of aromatic nitrogens is 3. The molecule has 1 atom stereocenters. The highest BCUT2D eigenvalue weighted by Crippen LogP contribution is 2.41. The Labute approximate surface area is 144 Å². The van der Waals surface area contributed by atoms with E-state index in [-0.39, 0.29) is 11.9 Å². The number of hydrogen-bond acceptors (Lipinski definition) is 3. The van der Waals surface area contributed by atoms with E-state index in [9.17, 15) is 4.79 Å². The Bertz CT molecular complexity index is 899. The molecule has 122 valence electrons. The highest BCUT2D eigenvalue weighted by Gasteiger charge is 2.33. The standard InChI is InChI=1S/C18H17ClN4O/c1-11-21-22-16-9-6-14(10-23(11)16)18(24)20-17(12-2-3-12)13-4-7-15(19)8-5-13/h4-10,12,17H,2-3H2,1H3,(H,20,24)/t17-/m0/s1. The molecule has 1 aromatic carbocycles. The Morgan fingerprint density at radius 1 is 1.21 bits per heavy atom. The summed E-state index contributed by atoms with van der Waals surface area (Å²) in [5.41, 5.74) is 2.43. The van der Waals surface area contributed by atoms with Gasteiger partial charge < -0.3 is 5.32 Å². The van der Waals surface area contributed by atoms with Crippen LogP contribution in [0.3, 0.4) is 0 Å². The van der Waals surface area contributed by atoms with Crippen molar-refractivity contribution in [1.29, 1.82) is 0 Å². The number of aryl methyl sites for hydroxylation is 1. The van der Waals surface area contributed by atoms with Crippen molar-refractivity contribution in [1.82, 2.24) is 19.9 Å². The molecule has 0 radical (unpaired) electrons. The molecule has 0 unspecified atom stereocenters. The smallest absolute Gasteiger partial charge is 0.253 e. The molecular formula is C18H17ClN4O. The average molecular weight is 341 g/mol. The van der Waals surface area contributed by atoms with E-state index in [1.807, 2.05) is 41.7 Å². The van der Waals surface area contributed by atoms with Crippen molar-refractivity contribution in [2.75, 3.05) is 0 Å². The number of pyridine rings is 1. The average Bonchev–Trinajstić information content (AvgIpc) is 3.37. The van der Waals surface area contributed by atoms with Crippen LogP contribution in [0.25, 0.3) is 5.65 Å². The van der Waals surface area contributed by atoms with Gasteiger partial charge in [0, 0.05) is 11.2 Å². The predicted molar refractivity (Wildman–Crippen MR) is 92.1 cm³/mol. The number of nitrogens with one attached hydrogen (secondary N) is 1. The number of hydrogen-bond donors (Lipinski definition) is 1. The molecule has 3 aromatic rings. The molecule has 1 saturated carbocycles.